The van der Waals surface area contributed by atoms with Gasteiger partial charge in [-0.2, -0.15) is 5.26 Å². The van der Waals surface area contributed by atoms with E-state index in [1.54, 1.807) is 12.1 Å². The highest BCUT2D eigenvalue weighted by Gasteiger charge is 2.29. The van der Waals surface area contributed by atoms with E-state index in [1.165, 1.54) is 18.3 Å². The van der Waals surface area contributed by atoms with Crippen LogP contribution in [0.2, 0.25) is 10.0 Å². The van der Waals surface area contributed by atoms with Crippen molar-refractivity contribution in [1.29, 1.82) is 5.26 Å². The summed E-state index contributed by atoms with van der Waals surface area (Å²) in [5.74, 6) is -0.536. The number of nitrogens with one attached hydrogen (secondary N) is 2. The summed E-state index contributed by atoms with van der Waals surface area (Å²) in [5.41, 5.74) is 5.13. The molecule has 1 unspecified atom stereocenters. The van der Waals surface area contributed by atoms with Gasteiger partial charge in [0.15, 0.2) is 0 Å². The van der Waals surface area contributed by atoms with Crippen molar-refractivity contribution in [2.75, 3.05) is 23.7 Å². The molecule has 9 nitrogen and oxygen atoms in total. The van der Waals surface area contributed by atoms with E-state index in [0.717, 1.165) is 42.9 Å². The number of aryl methyl sites for hydroxylation is 1. The molecule has 0 amide bonds. The van der Waals surface area contributed by atoms with E-state index in [4.69, 9.17) is 23.2 Å². The Morgan fingerprint density at radius 3 is 2.43 bits per heavy atom. The molecular formula is C34H34Cl2FN9. The molecule has 1 atom stereocenters. The van der Waals surface area contributed by atoms with Crippen molar-refractivity contribution in [2.24, 2.45) is 0 Å². The second kappa shape index (κ2) is 12.8. The summed E-state index contributed by atoms with van der Waals surface area (Å²) in [6.45, 7) is 10.7. The molecule has 0 aliphatic carbocycles. The number of rotatable bonds is 7. The lowest BCUT2D eigenvalue weighted by atomic mass is 9.98. The van der Waals surface area contributed by atoms with E-state index < -0.39 is 11.9 Å². The normalized spacial score (nSPS) is 15.1. The summed E-state index contributed by atoms with van der Waals surface area (Å²) in [5, 5.41) is 26.9. The van der Waals surface area contributed by atoms with E-state index in [9.17, 15) is 9.65 Å². The van der Waals surface area contributed by atoms with Gasteiger partial charge in [0, 0.05) is 53.5 Å². The maximum absolute atomic E-state index is 13.9. The molecule has 4 heterocycles. The Bertz CT molecular complexity index is 1920. The molecule has 1 saturated heterocycles. The summed E-state index contributed by atoms with van der Waals surface area (Å²) < 4.78 is 15.8. The molecule has 3 aromatic heterocycles. The minimum atomic E-state index is -0.536. The number of likely N-dealkylation sites (tertiary alicyclic amines) is 1. The Morgan fingerprint density at radius 2 is 1.76 bits per heavy atom. The van der Waals surface area contributed by atoms with Crippen LogP contribution in [0.1, 0.15) is 68.2 Å². The second-order valence-electron chi connectivity index (χ2n) is 12.6. The number of nitrogens with zero attached hydrogens (tertiary/aromatic N) is 7. The first-order valence-corrected chi connectivity index (χ1v) is 15.9. The third kappa shape index (κ3) is 6.63. The molecule has 236 valence electrons. The van der Waals surface area contributed by atoms with Gasteiger partial charge in [-0.05, 0) is 82.5 Å². The van der Waals surface area contributed by atoms with Crippen LogP contribution in [0, 0.1) is 24.1 Å². The maximum Gasteiger partial charge on any atom is 0.141 e. The fourth-order valence-corrected chi connectivity index (χ4v) is 6.28. The zero-order valence-corrected chi connectivity index (χ0v) is 27.5. The topological polar surface area (TPSA) is 108 Å². The van der Waals surface area contributed by atoms with Crippen molar-refractivity contribution in [3.05, 3.63) is 99.4 Å². The van der Waals surface area contributed by atoms with Crippen LogP contribution >= 0.6 is 23.2 Å². The van der Waals surface area contributed by atoms with Gasteiger partial charge in [-0.1, -0.05) is 34.5 Å². The number of nitriles is 1. The van der Waals surface area contributed by atoms with Crippen molar-refractivity contribution in [1.82, 2.24) is 29.9 Å². The molecule has 0 radical (unpaired) electrons. The highest BCUT2D eigenvalue weighted by atomic mass is 35.5. The summed E-state index contributed by atoms with van der Waals surface area (Å²) in [6, 6.07) is 14.0. The fraction of sp³-hybridized carbons (Fsp3) is 0.324. The number of hydrogen-bond acceptors (Lipinski definition) is 8. The van der Waals surface area contributed by atoms with Crippen molar-refractivity contribution in [3.63, 3.8) is 0 Å². The minimum absolute atomic E-state index is 0.0374. The molecule has 0 spiro atoms. The minimum Gasteiger partial charge on any atom is -0.373 e. The number of piperidine rings is 1. The lowest BCUT2D eigenvalue weighted by molar-refractivity contribution is 0.0866. The van der Waals surface area contributed by atoms with E-state index in [1.807, 2.05) is 42.2 Å². The first kappa shape index (κ1) is 31.7. The van der Waals surface area contributed by atoms with Crippen LogP contribution in [0.5, 0.6) is 0 Å². The highest BCUT2D eigenvalue weighted by molar-refractivity contribution is 6.36. The number of anilines is 3. The molecule has 2 N–H and O–H groups in total. The van der Waals surface area contributed by atoms with Gasteiger partial charge < -0.3 is 10.6 Å². The van der Waals surface area contributed by atoms with Crippen LogP contribution in [0.15, 0.2) is 61.1 Å². The predicted molar refractivity (Wildman–Crippen MR) is 180 cm³/mol. The van der Waals surface area contributed by atoms with Crippen molar-refractivity contribution < 1.29 is 4.39 Å². The van der Waals surface area contributed by atoms with E-state index in [2.05, 4.69) is 62.7 Å². The highest BCUT2D eigenvalue weighted by Crippen LogP contribution is 2.37. The molecular weight excluding hydrogens is 624 g/mol. The molecule has 6 rings (SSSR count). The van der Waals surface area contributed by atoms with Crippen molar-refractivity contribution in [3.8, 4) is 6.07 Å². The number of benzene rings is 2. The van der Waals surface area contributed by atoms with Gasteiger partial charge in [0.05, 0.1) is 45.1 Å². The molecule has 0 bridgehead atoms. The number of pyridine rings is 2. The monoisotopic (exact) mass is 657 g/mol. The lowest BCUT2D eigenvalue weighted by Crippen LogP contribution is -2.46. The van der Waals surface area contributed by atoms with Crippen LogP contribution < -0.4 is 10.6 Å². The lowest BCUT2D eigenvalue weighted by Gasteiger charge is -2.40. The fourth-order valence-electron chi connectivity index (χ4n) is 5.83. The summed E-state index contributed by atoms with van der Waals surface area (Å²) in [4.78, 5) is 11.5. The van der Waals surface area contributed by atoms with Gasteiger partial charge in [-0.25, -0.2) is 9.07 Å². The Balaban J connectivity index is 1.36. The maximum atomic E-state index is 13.9. The van der Waals surface area contributed by atoms with Crippen LogP contribution in [-0.4, -0.2) is 48.5 Å². The van der Waals surface area contributed by atoms with Gasteiger partial charge in [0.25, 0.3) is 0 Å². The Kier molecular flexibility index (Phi) is 8.84. The molecule has 5 aromatic rings. The Hall–Kier alpha value is -4.30. The number of halogens is 3. The molecule has 1 aliphatic heterocycles. The SMILES string of the molecule is Cc1ccc(C(Nc2cc(Cl)c3ncc(C#N)c(Nc4ccc(F)c(Cl)c4)c3c2)c2cn(C3CCN(C(C)(C)C)CC3)nn2)cn1. The van der Waals surface area contributed by atoms with Gasteiger partial charge in [-0.15, -0.1) is 5.10 Å². The molecule has 12 heteroatoms. The largest absolute Gasteiger partial charge is 0.373 e. The quantitative estimate of drug-likeness (QED) is 0.180. The summed E-state index contributed by atoms with van der Waals surface area (Å²) in [6.07, 6.45) is 7.29. The molecule has 1 fully saturated rings. The number of aromatic nitrogens is 5. The van der Waals surface area contributed by atoms with Crippen molar-refractivity contribution in [2.45, 2.75) is 58.2 Å². The van der Waals surface area contributed by atoms with Crippen LogP contribution in [0.3, 0.4) is 0 Å². The van der Waals surface area contributed by atoms with Crippen LogP contribution in [0.25, 0.3) is 10.9 Å². The summed E-state index contributed by atoms with van der Waals surface area (Å²) in [7, 11) is 0. The second-order valence-corrected chi connectivity index (χ2v) is 13.4. The first-order valence-electron chi connectivity index (χ1n) is 15.1. The standard InChI is InChI=1S/C34H34Cl2FN9/c1-20-5-6-21(17-39-20)32(30-19-46(44-43-30)25-9-11-45(12-10-25)34(2,3)4)42-24-13-26-31(41-23-7-8-29(37)27(35)14-23)22(16-38)18-40-33(26)28(36)15-24/h5-8,13-15,17-19,25,32,42H,9-12H2,1-4H3,(H,40,41). The van der Waals surface area contributed by atoms with E-state index in [0.29, 0.717) is 38.6 Å². The zero-order chi connectivity index (χ0) is 32.6. The third-order valence-corrected chi connectivity index (χ3v) is 9.00. The summed E-state index contributed by atoms with van der Waals surface area (Å²) >= 11 is 12.8. The van der Waals surface area contributed by atoms with Crippen molar-refractivity contribution >= 4 is 51.2 Å². The van der Waals surface area contributed by atoms with E-state index >= 15 is 0 Å². The molecule has 1 aliphatic rings. The Morgan fingerprint density at radius 1 is 1.00 bits per heavy atom. The van der Waals surface area contributed by atoms with Gasteiger partial charge >= 0.3 is 0 Å². The van der Waals surface area contributed by atoms with Crippen LogP contribution in [-0.2, 0) is 0 Å². The number of hydrogen-bond donors (Lipinski definition) is 2. The van der Waals surface area contributed by atoms with E-state index in [-0.39, 0.29) is 16.6 Å². The molecule has 2 aromatic carbocycles. The average Bonchev–Trinajstić information content (AvgIpc) is 3.52. The molecule has 46 heavy (non-hydrogen) atoms. The van der Waals surface area contributed by atoms with Gasteiger partial charge in [0.2, 0.25) is 0 Å². The first-order chi connectivity index (χ1) is 22.0. The smallest absolute Gasteiger partial charge is 0.141 e. The van der Waals surface area contributed by atoms with Crippen LogP contribution in [0.4, 0.5) is 21.5 Å². The average molecular weight is 659 g/mol. The van der Waals surface area contributed by atoms with Gasteiger partial charge in [-0.3, -0.25) is 14.9 Å². The third-order valence-electron chi connectivity index (χ3n) is 8.42. The Labute approximate surface area is 277 Å². The predicted octanol–water partition coefficient (Wildman–Crippen LogP) is 8.23. The number of fused-ring (bicyclic) bond motifs is 1. The van der Waals surface area contributed by atoms with Gasteiger partial charge in [0.1, 0.15) is 17.6 Å². The zero-order valence-electron chi connectivity index (χ0n) is 26.0. The molecule has 0 saturated carbocycles.